The Labute approximate surface area is 160 Å². The van der Waals surface area contributed by atoms with E-state index in [9.17, 15) is 0 Å². The molecule has 0 radical (unpaired) electrons. The molecule has 26 heavy (non-hydrogen) atoms. The first-order chi connectivity index (χ1) is 12.7. The SMILES string of the molecule is CCC1CCCCN1c1ncnc2scc(-c3ccc(C(C)C)cc3)c12. The van der Waals surface area contributed by atoms with Gasteiger partial charge in [0.25, 0.3) is 0 Å². The zero-order valence-electron chi connectivity index (χ0n) is 15.9. The van der Waals surface area contributed by atoms with Crippen molar-refractivity contribution in [1.82, 2.24) is 9.97 Å². The molecule has 2 aromatic heterocycles. The smallest absolute Gasteiger partial charge is 0.141 e. The van der Waals surface area contributed by atoms with E-state index in [1.54, 1.807) is 17.7 Å². The Kier molecular flexibility index (Phi) is 4.94. The Hall–Kier alpha value is -1.94. The predicted molar refractivity (Wildman–Crippen MR) is 112 cm³/mol. The van der Waals surface area contributed by atoms with Gasteiger partial charge in [-0.25, -0.2) is 9.97 Å². The molecule has 0 spiro atoms. The van der Waals surface area contributed by atoms with Gasteiger partial charge in [-0.15, -0.1) is 11.3 Å². The number of nitrogens with zero attached hydrogens (tertiary/aromatic N) is 3. The molecule has 136 valence electrons. The molecule has 0 bridgehead atoms. The fourth-order valence-electron chi connectivity index (χ4n) is 4.04. The molecule has 0 aliphatic carbocycles. The maximum absolute atomic E-state index is 4.75. The van der Waals surface area contributed by atoms with Crippen LogP contribution in [-0.4, -0.2) is 22.6 Å². The van der Waals surface area contributed by atoms with Crippen LogP contribution in [0, 0.1) is 0 Å². The second kappa shape index (κ2) is 7.36. The molecule has 4 heteroatoms. The number of aromatic nitrogens is 2. The number of fused-ring (bicyclic) bond motifs is 1. The summed E-state index contributed by atoms with van der Waals surface area (Å²) >= 11 is 1.73. The van der Waals surface area contributed by atoms with E-state index in [1.165, 1.54) is 47.8 Å². The van der Waals surface area contributed by atoms with Gasteiger partial charge in [0.1, 0.15) is 17.0 Å². The summed E-state index contributed by atoms with van der Waals surface area (Å²) in [6, 6.07) is 9.60. The molecule has 3 nitrogen and oxygen atoms in total. The van der Waals surface area contributed by atoms with Gasteiger partial charge in [0.05, 0.1) is 5.39 Å². The Morgan fingerprint density at radius 1 is 1.15 bits per heavy atom. The van der Waals surface area contributed by atoms with Crippen LogP contribution in [0.15, 0.2) is 36.0 Å². The first-order valence-corrected chi connectivity index (χ1v) is 10.7. The van der Waals surface area contributed by atoms with Crippen molar-refractivity contribution < 1.29 is 0 Å². The maximum atomic E-state index is 4.75. The summed E-state index contributed by atoms with van der Waals surface area (Å²) < 4.78 is 0. The monoisotopic (exact) mass is 365 g/mol. The van der Waals surface area contributed by atoms with E-state index in [2.05, 4.69) is 60.3 Å². The van der Waals surface area contributed by atoms with Gasteiger partial charge < -0.3 is 4.90 Å². The summed E-state index contributed by atoms with van der Waals surface area (Å²) in [5.74, 6) is 1.69. The molecule has 3 heterocycles. The van der Waals surface area contributed by atoms with Crippen molar-refractivity contribution in [3.63, 3.8) is 0 Å². The quantitative estimate of drug-likeness (QED) is 0.547. The number of anilines is 1. The topological polar surface area (TPSA) is 29.0 Å². The van der Waals surface area contributed by atoms with Crippen LogP contribution in [0.4, 0.5) is 5.82 Å². The first kappa shape index (κ1) is 17.5. The molecule has 1 aliphatic heterocycles. The largest absolute Gasteiger partial charge is 0.353 e. The van der Waals surface area contributed by atoms with Crippen LogP contribution in [0.5, 0.6) is 0 Å². The summed E-state index contributed by atoms with van der Waals surface area (Å²) in [7, 11) is 0. The Balaban J connectivity index is 1.82. The zero-order chi connectivity index (χ0) is 18.1. The highest BCUT2D eigenvalue weighted by Gasteiger charge is 2.25. The average molecular weight is 366 g/mol. The molecule has 0 N–H and O–H groups in total. The van der Waals surface area contributed by atoms with Crippen LogP contribution in [0.3, 0.4) is 0 Å². The normalized spacial score (nSPS) is 18.0. The lowest BCUT2D eigenvalue weighted by Crippen LogP contribution is -2.39. The molecule has 1 atom stereocenters. The third-order valence-corrected chi connectivity index (χ3v) is 6.50. The maximum Gasteiger partial charge on any atom is 0.141 e. The highest BCUT2D eigenvalue weighted by molar-refractivity contribution is 7.17. The molecule has 0 amide bonds. The average Bonchev–Trinajstić information content (AvgIpc) is 3.12. The van der Waals surface area contributed by atoms with Gasteiger partial charge in [-0.05, 0) is 42.7 Å². The van der Waals surface area contributed by atoms with Crippen LogP contribution >= 0.6 is 11.3 Å². The lowest BCUT2D eigenvalue weighted by atomic mass is 9.97. The van der Waals surface area contributed by atoms with Crippen molar-refractivity contribution in [2.24, 2.45) is 0 Å². The Morgan fingerprint density at radius 3 is 2.69 bits per heavy atom. The van der Waals surface area contributed by atoms with Gasteiger partial charge in [-0.2, -0.15) is 0 Å². The number of thiophene rings is 1. The van der Waals surface area contributed by atoms with E-state index in [1.807, 2.05) is 0 Å². The minimum absolute atomic E-state index is 0.556. The van der Waals surface area contributed by atoms with Crippen LogP contribution < -0.4 is 4.90 Å². The van der Waals surface area contributed by atoms with Crippen LogP contribution in [0.1, 0.15) is 57.9 Å². The minimum atomic E-state index is 0.556. The third kappa shape index (κ3) is 3.11. The molecule has 1 fully saturated rings. The molecule has 1 aromatic carbocycles. The lowest BCUT2D eigenvalue weighted by molar-refractivity contribution is 0.448. The van der Waals surface area contributed by atoms with Gasteiger partial charge >= 0.3 is 0 Å². The summed E-state index contributed by atoms with van der Waals surface area (Å²) in [5.41, 5.74) is 3.92. The standard InChI is InChI=1S/C22H27N3S/c1-4-18-7-5-6-12-25(18)21-20-19(13-26-22(20)24-14-23-21)17-10-8-16(9-11-17)15(2)3/h8-11,13-15,18H,4-7,12H2,1-3H3. The summed E-state index contributed by atoms with van der Waals surface area (Å²) in [4.78, 5) is 12.9. The van der Waals surface area contributed by atoms with Crippen molar-refractivity contribution >= 4 is 27.4 Å². The number of benzene rings is 1. The van der Waals surface area contributed by atoms with Crippen molar-refractivity contribution in [3.8, 4) is 11.1 Å². The number of piperidine rings is 1. The summed E-state index contributed by atoms with van der Waals surface area (Å²) in [6.45, 7) is 7.87. The molecular weight excluding hydrogens is 338 g/mol. The second-order valence-corrected chi connectivity index (χ2v) is 8.41. The molecule has 1 saturated heterocycles. The van der Waals surface area contributed by atoms with Gasteiger partial charge in [0.2, 0.25) is 0 Å². The Bertz CT molecular complexity index is 882. The predicted octanol–water partition coefficient (Wildman–Crippen LogP) is 6.25. The van der Waals surface area contributed by atoms with Crippen molar-refractivity contribution in [2.75, 3.05) is 11.4 Å². The van der Waals surface area contributed by atoms with Gasteiger partial charge in [0, 0.05) is 23.5 Å². The highest BCUT2D eigenvalue weighted by Crippen LogP contribution is 2.40. The molecule has 3 aromatic rings. The second-order valence-electron chi connectivity index (χ2n) is 7.55. The van der Waals surface area contributed by atoms with Crippen molar-refractivity contribution in [1.29, 1.82) is 0 Å². The van der Waals surface area contributed by atoms with Gasteiger partial charge in [-0.3, -0.25) is 0 Å². The number of rotatable bonds is 4. The molecule has 4 rings (SSSR count). The first-order valence-electron chi connectivity index (χ1n) is 9.78. The lowest BCUT2D eigenvalue weighted by Gasteiger charge is -2.36. The van der Waals surface area contributed by atoms with Gasteiger partial charge in [0.15, 0.2) is 0 Å². The van der Waals surface area contributed by atoms with E-state index < -0.39 is 0 Å². The van der Waals surface area contributed by atoms with Crippen LogP contribution in [0.2, 0.25) is 0 Å². The van der Waals surface area contributed by atoms with E-state index in [0.717, 1.165) is 17.2 Å². The third-order valence-electron chi connectivity index (χ3n) is 5.61. The minimum Gasteiger partial charge on any atom is -0.353 e. The van der Waals surface area contributed by atoms with Crippen LogP contribution in [0.25, 0.3) is 21.3 Å². The molecule has 1 unspecified atom stereocenters. The van der Waals surface area contributed by atoms with Crippen molar-refractivity contribution in [3.05, 3.63) is 41.5 Å². The molecule has 0 saturated carbocycles. The number of hydrogen-bond acceptors (Lipinski definition) is 4. The number of hydrogen-bond donors (Lipinski definition) is 0. The summed E-state index contributed by atoms with van der Waals surface area (Å²) in [5, 5.41) is 3.48. The van der Waals surface area contributed by atoms with Crippen LogP contribution in [-0.2, 0) is 0 Å². The van der Waals surface area contributed by atoms with Crippen molar-refractivity contribution in [2.45, 2.75) is 58.4 Å². The molecule has 1 aliphatic rings. The zero-order valence-corrected chi connectivity index (χ0v) is 16.7. The van der Waals surface area contributed by atoms with E-state index in [0.29, 0.717) is 12.0 Å². The van der Waals surface area contributed by atoms with E-state index >= 15 is 0 Å². The fourth-order valence-corrected chi connectivity index (χ4v) is 4.95. The fraction of sp³-hybridized carbons (Fsp3) is 0.455. The van der Waals surface area contributed by atoms with E-state index in [4.69, 9.17) is 4.98 Å². The highest BCUT2D eigenvalue weighted by atomic mass is 32.1. The Morgan fingerprint density at radius 2 is 1.96 bits per heavy atom. The van der Waals surface area contributed by atoms with E-state index in [-0.39, 0.29) is 0 Å². The molecular formula is C22H27N3S. The van der Waals surface area contributed by atoms with Gasteiger partial charge in [-0.1, -0.05) is 45.0 Å². The summed E-state index contributed by atoms with van der Waals surface area (Å²) in [6.07, 6.45) is 6.76.